The minimum Gasteiger partial charge on any atom is -0.485 e. The van der Waals surface area contributed by atoms with Gasteiger partial charge in [-0.25, -0.2) is 4.98 Å². The molecule has 1 N–H and O–H groups in total. The molecule has 0 bridgehead atoms. The SMILES string of the molecule is CNc1ccc(Cl)c(COc2cccn3c(Br)c(C)nc23)c1. The molecule has 1 aromatic carbocycles. The summed E-state index contributed by atoms with van der Waals surface area (Å²) in [4.78, 5) is 4.53. The molecule has 4 nitrogen and oxygen atoms in total. The van der Waals surface area contributed by atoms with Crippen LogP contribution in [0.2, 0.25) is 5.02 Å². The van der Waals surface area contributed by atoms with E-state index in [9.17, 15) is 0 Å². The number of nitrogens with zero attached hydrogens (tertiary/aromatic N) is 2. The average molecular weight is 381 g/mol. The number of nitrogens with one attached hydrogen (secondary N) is 1. The van der Waals surface area contributed by atoms with Gasteiger partial charge >= 0.3 is 0 Å². The number of ether oxygens (including phenoxy) is 1. The van der Waals surface area contributed by atoms with Crippen LogP contribution in [-0.2, 0) is 6.61 Å². The van der Waals surface area contributed by atoms with Gasteiger partial charge in [0.05, 0.1) is 5.69 Å². The van der Waals surface area contributed by atoms with E-state index in [1.165, 1.54) is 0 Å². The molecular weight excluding hydrogens is 366 g/mol. The number of hydrogen-bond acceptors (Lipinski definition) is 3. The molecule has 0 aliphatic carbocycles. The van der Waals surface area contributed by atoms with Crippen molar-refractivity contribution in [3.63, 3.8) is 0 Å². The van der Waals surface area contributed by atoms with Gasteiger partial charge < -0.3 is 10.1 Å². The number of pyridine rings is 1. The van der Waals surface area contributed by atoms with Crippen molar-refractivity contribution in [1.29, 1.82) is 0 Å². The zero-order valence-corrected chi connectivity index (χ0v) is 14.6. The van der Waals surface area contributed by atoms with Gasteiger partial charge in [0, 0.05) is 29.5 Å². The molecule has 0 saturated heterocycles. The monoisotopic (exact) mass is 379 g/mol. The highest BCUT2D eigenvalue weighted by Gasteiger charge is 2.11. The molecule has 0 spiro atoms. The minimum atomic E-state index is 0.386. The lowest BCUT2D eigenvalue weighted by molar-refractivity contribution is 0.308. The van der Waals surface area contributed by atoms with E-state index in [0.717, 1.165) is 32.9 Å². The smallest absolute Gasteiger partial charge is 0.180 e. The Morgan fingerprint density at radius 2 is 2.18 bits per heavy atom. The Balaban J connectivity index is 1.90. The van der Waals surface area contributed by atoms with Gasteiger partial charge in [0.1, 0.15) is 11.2 Å². The van der Waals surface area contributed by atoms with E-state index >= 15 is 0 Å². The van der Waals surface area contributed by atoms with Gasteiger partial charge in [0.15, 0.2) is 11.4 Å². The van der Waals surface area contributed by atoms with Crippen molar-refractivity contribution in [2.24, 2.45) is 0 Å². The summed E-state index contributed by atoms with van der Waals surface area (Å²) in [6.07, 6.45) is 1.95. The fourth-order valence-electron chi connectivity index (χ4n) is 2.24. The first-order valence-corrected chi connectivity index (χ1v) is 7.99. The maximum atomic E-state index is 6.23. The number of anilines is 1. The quantitative estimate of drug-likeness (QED) is 0.714. The first-order valence-electron chi connectivity index (χ1n) is 6.82. The molecule has 0 aliphatic rings. The first-order chi connectivity index (χ1) is 10.6. The van der Waals surface area contributed by atoms with Gasteiger partial charge in [-0.3, -0.25) is 4.40 Å². The lowest BCUT2D eigenvalue weighted by Crippen LogP contribution is -2.00. The van der Waals surface area contributed by atoms with E-state index in [1.807, 2.05) is 54.9 Å². The molecular formula is C16H15BrClN3O. The van der Waals surface area contributed by atoms with Crippen LogP contribution in [0.4, 0.5) is 5.69 Å². The number of benzene rings is 1. The van der Waals surface area contributed by atoms with Crippen molar-refractivity contribution in [3.8, 4) is 5.75 Å². The van der Waals surface area contributed by atoms with Crippen molar-refractivity contribution in [2.75, 3.05) is 12.4 Å². The van der Waals surface area contributed by atoms with Crippen LogP contribution in [-0.4, -0.2) is 16.4 Å². The van der Waals surface area contributed by atoms with Crippen LogP contribution in [0.25, 0.3) is 5.65 Å². The Bertz CT molecular complexity index is 832. The van der Waals surface area contributed by atoms with E-state index in [0.29, 0.717) is 11.6 Å². The highest BCUT2D eigenvalue weighted by Crippen LogP contribution is 2.27. The largest absolute Gasteiger partial charge is 0.485 e. The van der Waals surface area contributed by atoms with Gasteiger partial charge in [0.2, 0.25) is 0 Å². The molecule has 0 saturated carbocycles. The van der Waals surface area contributed by atoms with Crippen LogP contribution in [0.15, 0.2) is 41.1 Å². The molecule has 0 radical (unpaired) electrons. The average Bonchev–Trinajstić information content (AvgIpc) is 2.82. The number of imidazole rings is 1. The molecule has 114 valence electrons. The third kappa shape index (κ3) is 2.78. The van der Waals surface area contributed by atoms with Gasteiger partial charge in [-0.05, 0) is 53.2 Å². The summed E-state index contributed by atoms with van der Waals surface area (Å²) in [7, 11) is 1.87. The van der Waals surface area contributed by atoms with Gasteiger partial charge in [0.25, 0.3) is 0 Å². The van der Waals surface area contributed by atoms with Crippen LogP contribution < -0.4 is 10.1 Å². The summed E-state index contributed by atoms with van der Waals surface area (Å²) in [6, 6.07) is 9.61. The van der Waals surface area contributed by atoms with E-state index in [-0.39, 0.29) is 0 Å². The third-order valence-corrected chi connectivity index (χ3v) is 4.76. The highest BCUT2D eigenvalue weighted by atomic mass is 79.9. The third-order valence-electron chi connectivity index (χ3n) is 3.43. The van der Waals surface area contributed by atoms with Crippen LogP contribution in [0.1, 0.15) is 11.3 Å². The molecule has 3 rings (SSSR count). The second kappa shape index (κ2) is 6.18. The van der Waals surface area contributed by atoms with Crippen molar-refractivity contribution >= 4 is 38.9 Å². The van der Waals surface area contributed by atoms with E-state index in [2.05, 4.69) is 26.2 Å². The molecule has 22 heavy (non-hydrogen) atoms. The topological polar surface area (TPSA) is 38.6 Å². The maximum absolute atomic E-state index is 6.23. The number of halogens is 2. The molecule has 2 aromatic heterocycles. The molecule has 6 heteroatoms. The number of aromatic nitrogens is 2. The molecule has 2 heterocycles. The van der Waals surface area contributed by atoms with Gasteiger partial charge in [-0.15, -0.1) is 0 Å². The summed E-state index contributed by atoms with van der Waals surface area (Å²) in [5.74, 6) is 0.724. The summed E-state index contributed by atoms with van der Waals surface area (Å²) in [5, 5.41) is 3.78. The van der Waals surface area contributed by atoms with Crippen molar-refractivity contribution in [1.82, 2.24) is 9.38 Å². The predicted molar refractivity (Wildman–Crippen MR) is 93.0 cm³/mol. The molecule has 0 unspecified atom stereocenters. The zero-order chi connectivity index (χ0) is 15.7. The highest BCUT2D eigenvalue weighted by molar-refractivity contribution is 9.10. The van der Waals surface area contributed by atoms with Crippen LogP contribution in [0.5, 0.6) is 5.75 Å². The molecule has 0 atom stereocenters. The Hall–Kier alpha value is -1.72. The number of aryl methyl sites for hydroxylation is 1. The first kappa shape index (κ1) is 15.2. The Morgan fingerprint density at radius 1 is 1.36 bits per heavy atom. The maximum Gasteiger partial charge on any atom is 0.180 e. The van der Waals surface area contributed by atoms with E-state index < -0.39 is 0 Å². The second-order valence-corrected chi connectivity index (χ2v) is 6.06. The van der Waals surface area contributed by atoms with Crippen molar-refractivity contribution < 1.29 is 4.74 Å². The second-order valence-electron chi connectivity index (χ2n) is 4.90. The normalized spacial score (nSPS) is 10.9. The van der Waals surface area contributed by atoms with Crippen LogP contribution in [0.3, 0.4) is 0 Å². The summed E-state index contributed by atoms with van der Waals surface area (Å²) >= 11 is 9.76. The minimum absolute atomic E-state index is 0.386. The van der Waals surface area contributed by atoms with Crippen LogP contribution >= 0.6 is 27.5 Å². The van der Waals surface area contributed by atoms with Crippen molar-refractivity contribution in [2.45, 2.75) is 13.5 Å². The Morgan fingerprint density at radius 3 is 2.95 bits per heavy atom. The molecule has 0 fully saturated rings. The van der Waals surface area contributed by atoms with Gasteiger partial charge in [-0.1, -0.05) is 11.6 Å². The van der Waals surface area contributed by atoms with Crippen LogP contribution in [0, 0.1) is 6.92 Å². The fraction of sp³-hybridized carbons (Fsp3) is 0.188. The number of fused-ring (bicyclic) bond motifs is 1. The lowest BCUT2D eigenvalue weighted by Gasteiger charge is -2.10. The van der Waals surface area contributed by atoms with Gasteiger partial charge in [-0.2, -0.15) is 0 Å². The predicted octanol–water partition coefficient (Wildman–Crippen LogP) is 4.68. The zero-order valence-electron chi connectivity index (χ0n) is 12.2. The summed E-state index contributed by atoms with van der Waals surface area (Å²) in [6.45, 7) is 2.34. The number of rotatable bonds is 4. The Kier molecular flexibility index (Phi) is 4.27. The molecule has 0 aliphatic heterocycles. The molecule has 3 aromatic rings. The standard InChI is InChI=1S/C16H15BrClN3O/c1-10-15(17)21-7-3-4-14(16(21)20-10)22-9-11-8-12(19-2)5-6-13(11)18/h3-8,19H,9H2,1-2H3. The summed E-state index contributed by atoms with van der Waals surface area (Å²) < 4.78 is 8.83. The van der Waals surface area contributed by atoms with E-state index in [4.69, 9.17) is 16.3 Å². The summed E-state index contributed by atoms with van der Waals surface area (Å²) in [5.41, 5.74) is 3.64. The lowest BCUT2D eigenvalue weighted by atomic mass is 10.2. The van der Waals surface area contributed by atoms with Crippen molar-refractivity contribution in [3.05, 3.63) is 57.4 Å². The number of hydrogen-bond donors (Lipinski definition) is 1. The fourth-order valence-corrected chi connectivity index (χ4v) is 2.78. The molecule has 0 amide bonds. The van der Waals surface area contributed by atoms with E-state index in [1.54, 1.807) is 0 Å². The Labute approximate surface area is 142 Å².